The maximum atomic E-state index is 11.1. The molecule has 0 aliphatic heterocycles. The second kappa shape index (κ2) is 6.41. The summed E-state index contributed by atoms with van der Waals surface area (Å²) in [6, 6.07) is 0. The zero-order chi connectivity index (χ0) is 10.3. The van der Waals surface area contributed by atoms with Crippen molar-refractivity contribution in [3.63, 3.8) is 0 Å². The van der Waals surface area contributed by atoms with Crippen LogP contribution in [-0.4, -0.2) is 19.9 Å². The summed E-state index contributed by atoms with van der Waals surface area (Å²) in [7, 11) is -2.72. The van der Waals surface area contributed by atoms with E-state index in [2.05, 4.69) is 13.8 Å². The van der Waals surface area contributed by atoms with E-state index in [1.165, 1.54) is 6.42 Å². The maximum absolute atomic E-state index is 11.1. The Bertz CT molecular complexity index is 205. The summed E-state index contributed by atoms with van der Waals surface area (Å²) in [6.45, 7) is 6.11. The number of sulfone groups is 1. The van der Waals surface area contributed by atoms with Gasteiger partial charge in [-0.1, -0.05) is 40.0 Å². The van der Waals surface area contributed by atoms with Crippen LogP contribution in [-0.2, 0) is 9.84 Å². The molecule has 13 heavy (non-hydrogen) atoms. The van der Waals surface area contributed by atoms with Gasteiger partial charge >= 0.3 is 0 Å². The van der Waals surface area contributed by atoms with E-state index in [9.17, 15) is 8.42 Å². The molecule has 0 aliphatic carbocycles. The molecular weight excluding hydrogens is 184 g/mol. The zero-order valence-corrected chi connectivity index (χ0v) is 9.86. The highest BCUT2D eigenvalue weighted by Crippen LogP contribution is 2.08. The Labute approximate surface area is 82.6 Å². The molecule has 0 atom stereocenters. The lowest BCUT2D eigenvalue weighted by atomic mass is 10.1. The average Bonchev–Trinajstić information content (AvgIpc) is 2.03. The van der Waals surface area contributed by atoms with Crippen LogP contribution in [0.2, 0.25) is 0 Å². The van der Waals surface area contributed by atoms with Gasteiger partial charge in [0.2, 0.25) is 0 Å². The van der Waals surface area contributed by atoms with Gasteiger partial charge in [-0.25, -0.2) is 8.42 Å². The summed E-state index contributed by atoms with van der Waals surface area (Å²) in [5.74, 6) is 1.40. The lowest BCUT2D eigenvalue weighted by molar-refractivity contribution is 0.532. The Hall–Kier alpha value is -0.0500. The third kappa shape index (κ3) is 8.28. The molecule has 0 heterocycles. The number of rotatable bonds is 7. The lowest BCUT2D eigenvalue weighted by Gasteiger charge is -2.04. The van der Waals surface area contributed by atoms with E-state index >= 15 is 0 Å². The lowest BCUT2D eigenvalue weighted by Crippen LogP contribution is -2.08. The van der Waals surface area contributed by atoms with Crippen LogP contribution >= 0.6 is 0 Å². The molecule has 0 saturated heterocycles. The van der Waals surface area contributed by atoms with Gasteiger partial charge in [0.25, 0.3) is 0 Å². The normalized spacial score (nSPS) is 12.3. The molecule has 0 aromatic heterocycles. The van der Waals surface area contributed by atoms with Gasteiger partial charge in [-0.2, -0.15) is 0 Å². The Balaban J connectivity index is 3.37. The van der Waals surface area contributed by atoms with Crippen molar-refractivity contribution >= 4 is 9.84 Å². The van der Waals surface area contributed by atoms with Crippen LogP contribution in [0.3, 0.4) is 0 Å². The van der Waals surface area contributed by atoms with Crippen LogP contribution in [0.4, 0.5) is 0 Å². The SMILES string of the molecule is CCS(=O)(=O)CCCCCC(C)C. The molecule has 0 aromatic carbocycles. The van der Waals surface area contributed by atoms with Gasteiger partial charge in [0.1, 0.15) is 9.84 Å². The highest BCUT2D eigenvalue weighted by Gasteiger charge is 2.05. The second-order valence-corrected chi connectivity index (χ2v) is 6.45. The first-order valence-electron chi connectivity index (χ1n) is 5.18. The van der Waals surface area contributed by atoms with Crippen molar-refractivity contribution in [3.8, 4) is 0 Å². The molecule has 0 saturated carbocycles. The van der Waals surface area contributed by atoms with E-state index in [1.807, 2.05) is 0 Å². The van der Waals surface area contributed by atoms with Crippen LogP contribution in [0.25, 0.3) is 0 Å². The van der Waals surface area contributed by atoms with Crippen LogP contribution in [0.5, 0.6) is 0 Å². The molecule has 0 bridgehead atoms. The zero-order valence-electron chi connectivity index (χ0n) is 9.04. The minimum absolute atomic E-state index is 0.289. The Morgan fingerprint density at radius 2 is 1.69 bits per heavy atom. The topological polar surface area (TPSA) is 34.1 Å². The first-order chi connectivity index (χ1) is 5.98. The van der Waals surface area contributed by atoms with Crippen molar-refractivity contribution in [1.82, 2.24) is 0 Å². The fourth-order valence-electron chi connectivity index (χ4n) is 1.20. The van der Waals surface area contributed by atoms with E-state index in [-0.39, 0.29) is 5.75 Å². The highest BCUT2D eigenvalue weighted by molar-refractivity contribution is 7.91. The second-order valence-electron chi connectivity index (χ2n) is 3.98. The third-order valence-electron chi connectivity index (χ3n) is 2.18. The van der Waals surface area contributed by atoms with Crippen LogP contribution in [0.1, 0.15) is 46.5 Å². The standard InChI is InChI=1S/C10H22O2S/c1-4-13(11,12)9-7-5-6-8-10(2)3/h10H,4-9H2,1-3H3. The predicted octanol–water partition coefficient (Wildman–Crippen LogP) is 2.64. The Kier molecular flexibility index (Phi) is 6.39. The van der Waals surface area contributed by atoms with Crippen molar-refractivity contribution < 1.29 is 8.42 Å². The van der Waals surface area contributed by atoms with Gasteiger partial charge in [0.05, 0.1) is 5.75 Å². The Morgan fingerprint density at radius 3 is 2.15 bits per heavy atom. The van der Waals surface area contributed by atoms with Gasteiger partial charge in [-0.05, 0) is 12.3 Å². The van der Waals surface area contributed by atoms with Crippen molar-refractivity contribution in [2.24, 2.45) is 5.92 Å². The molecule has 3 heteroatoms. The molecule has 80 valence electrons. The quantitative estimate of drug-likeness (QED) is 0.600. The summed E-state index contributed by atoms with van der Waals surface area (Å²) < 4.78 is 22.2. The van der Waals surface area contributed by atoms with Crippen molar-refractivity contribution in [1.29, 1.82) is 0 Å². The minimum Gasteiger partial charge on any atom is -0.229 e. The number of hydrogen-bond donors (Lipinski definition) is 0. The first-order valence-corrected chi connectivity index (χ1v) is 7.00. The third-order valence-corrected chi connectivity index (χ3v) is 3.97. The van der Waals surface area contributed by atoms with Crippen LogP contribution in [0, 0.1) is 5.92 Å². The van der Waals surface area contributed by atoms with E-state index in [1.54, 1.807) is 6.92 Å². The average molecular weight is 206 g/mol. The number of unbranched alkanes of at least 4 members (excludes halogenated alkanes) is 2. The molecule has 0 fully saturated rings. The predicted molar refractivity (Wildman–Crippen MR) is 57.6 cm³/mol. The summed E-state index contributed by atoms with van der Waals surface area (Å²) >= 11 is 0. The van der Waals surface area contributed by atoms with Crippen LogP contribution in [0.15, 0.2) is 0 Å². The van der Waals surface area contributed by atoms with Crippen LogP contribution < -0.4 is 0 Å². The molecule has 0 spiro atoms. The molecule has 0 radical (unpaired) electrons. The van der Waals surface area contributed by atoms with Crippen molar-refractivity contribution in [2.75, 3.05) is 11.5 Å². The summed E-state index contributed by atoms with van der Waals surface area (Å²) in [4.78, 5) is 0. The molecule has 0 aromatic rings. The van der Waals surface area contributed by atoms with Gasteiger partial charge in [-0.15, -0.1) is 0 Å². The largest absolute Gasteiger partial charge is 0.229 e. The van der Waals surface area contributed by atoms with Gasteiger partial charge in [-0.3, -0.25) is 0 Å². The molecule has 0 aliphatic rings. The van der Waals surface area contributed by atoms with E-state index in [4.69, 9.17) is 0 Å². The molecular formula is C10H22O2S. The first kappa shape index (κ1) is 12.9. The van der Waals surface area contributed by atoms with Gasteiger partial charge < -0.3 is 0 Å². The van der Waals surface area contributed by atoms with E-state index in [0.29, 0.717) is 5.75 Å². The summed E-state index contributed by atoms with van der Waals surface area (Å²) in [6.07, 6.45) is 4.27. The smallest absolute Gasteiger partial charge is 0.150 e. The summed E-state index contributed by atoms with van der Waals surface area (Å²) in [5.41, 5.74) is 0. The molecule has 2 nitrogen and oxygen atoms in total. The highest BCUT2D eigenvalue weighted by atomic mass is 32.2. The minimum atomic E-state index is -2.72. The maximum Gasteiger partial charge on any atom is 0.150 e. The van der Waals surface area contributed by atoms with Crippen molar-refractivity contribution in [3.05, 3.63) is 0 Å². The van der Waals surface area contributed by atoms with Gasteiger partial charge in [0.15, 0.2) is 0 Å². The Morgan fingerprint density at radius 1 is 1.08 bits per heavy atom. The molecule has 0 amide bonds. The van der Waals surface area contributed by atoms with E-state index < -0.39 is 9.84 Å². The summed E-state index contributed by atoms with van der Waals surface area (Å²) in [5, 5.41) is 0. The van der Waals surface area contributed by atoms with Gasteiger partial charge in [0, 0.05) is 5.75 Å². The monoisotopic (exact) mass is 206 g/mol. The fraction of sp³-hybridized carbons (Fsp3) is 1.00. The molecule has 0 unspecified atom stereocenters. The molecule has 0 rings (SSSR count). The van der Waals surface area contributed by atoms with Crippen molar-refractivity contribution in [2.45, 2.75) is 46.5 Å². The van der Waals surface area contributed by atoms with E-state index in [0.717, 1.165) is 25.2 Å². The number of hydrogen-bond acceptors (Lipinski definition) is 2. The molecule has 0 N–H and O–H groups in total. The fourth-order valence-corrected chi connectivity index (χ4v) is 2.13.